The lowest BCUT2D eigenvalue weighted by molar-refractivity contribution is -0.137. The molecule has 1 aromatic rings. The number of carbonyl (C=O) groups is 3. The highest BCUT2D eigenvalue weighted by atomic mass is 16.4. The first-order chi connectivity index (χ1) is 13.0. The summed E-state index contributed by atoms with van der Waals surface area (Å²) in [6, 6.07) is 7.61. The highest BCUT2D eigenvalue weighted by Crippen LogP contribution is 2.21. The summed E-state index contributed by atoms with van der Waals surface area (Å²) in [5.74, 6) is -1.22. The molecule has 8 heteroatoms. The van der Waals surface area contributed by atoms with Gasteiger partial charge in [-0.05, 0) is 43.7 Å². The molecule has 2 saturated heterocycles. The van der Waals surface area contributed by atoms with E-state index >= 15 is 0 Å². The minimum atomic E-state index is -0.736. The number of amides is 2. The fraction of sp³-hybridized carbons (Fsp3) is 0.526. The zero-order valence-electron chi connectivity index (χ0n) is 15.3. The van der Waals surface area contributed by atoms with Crippen molar-refractivity contribution in [3.63, 3.8) is 0 Å². The summed E-state index contributed by atoms with van der Waals surface area (Å²) in [7, 11) is 0. The second kappa shape index (κ2) is 8.85. The molecule has 2 fully saturated rings. The van der Waals surface area contributed by atoms with Crippen LogP contribution in [-0.2, 0) is 14.4 Å². The maximum absolute atomic E-state index is 11.8. The van der Waals surface area contributed by atoms with Crippen molar-refractivity contribution in [2.75, 3.05) is 42.9 Å². The fourth-order valence-corrected chi connectivity index (χ4v) is 3.48. The van der Waals surface area contributed by atoms with Gasteiger partial charge in [0.2, 0.25) is 11.8 Å². The van der Waals surface area contributed by atoms with E-state index in [9.17, 15) is 14.4 Å². The molecule has 0 radical (unpaired) electrons. The van der Waals surface area contributed by atoms with E-state index in [-0.39, 0.29) is 24.3 Å². The summed E-state index contributed by atoms with van der Waals surface area (Å²) in [6.07, 6.45) is 1.78. The molecule has 27 heavy (non-hydrogen) atoms. The van der Waals surface area contributed by atoms with E-state index in [4.69, 9.17) is 5.11 Å². The van der Waals surface area contributed by atoms with Crippen LogP contribution in [0.3, 0.4) is 0 Å². The Balaban J connectivity index is 1.46. The van der Waals surface area contributed by atoms with Crippen LogP contribution in [0.25, 0.3) is 0 Å². The quantitative estimate of drug-likeness (QED) is 0.609. The highest BCUT2D eigenvalue weighted by Gasteiger charge is 2.26. The lowest BCUT2D eigenvalue weighted by atomic mass is 10.1. The van der Waals surface area contributed by atoms with Gasteiger partial charge in [0.1, 0.15) is 6.04 Å². The van der Waals surface area contributed by atoms with E-state index in [1.807, 2.05) is 24.3 Å². The van der Waals surface area contributed by atoms with E-state index in [1.54, 1.807) is 0 Å². The van der Waals surface area contributed by atoms with Gasteiger partial charge in [-0.15, -0.1) is 0 Å². The first kappa shape index (κ1) is 19.2. The van der Waals surface area contributed by atoms with Crippen molar-refractivity contribution in [3.8, 4) is 0 Å². The number of hydrogen-bond donors (Lipinski definition) is 3. The number of carboxylic acids is 1. The molecule has 1 unspecified atom stereocenters. The number of piperidine rings is 1. The number of imide groups is 1. The van der Waals surface area contributed by atoms with Crippen LogP contribution in [0, 0.1) is 0 Å². The van der Waals surface area contributed by atoms with Crippen LogP contribution >= 0.6 is 0 Å². The predicted molar refractivity (Wildman–Crippen MR) is 102 cm³/mol. The Morgan fingerprint density at radius 2 is 1.85 bits per heavy atom. The van der Waals surface area contributed by atoms with Crippen LogP contribution in [0.15, 0.2) is 24.3 Å². The first-order valence-electron chi connectivity index (χ1n) is 9.40. The number of benzene rings is 1. The minimum absolute atomic E-state index is 0.212. The number of nitrogens with one attached hydrogen (secondary N) is 2. The molecule has 3 rings (SSSR count). The van der Waals surface area contributed by atoms with E-state index < -0.39 is 5.97 Å². The third-order valence-corrected chi connectivity index (χ3v) is 5.05. The zero-order chi connectivity index (χ0) is 19.2. The van der Waals surface area contributed by atoms with Gasteiger partial charge < -0.3 is 15.3 Å². The third-order valence-electron chi connectivity index (χ3n) is 5.05. The van der Waals surface area contributed by atoms with Crippen LogP contribution in [0.1, 0.15) is 25.7 Å². The van der Waals surface area contributed by atoms with Gasteiger partial charge in [-0.1, -0.05) is 0 Å². The zero-order valence-corrected chi connectivity index (χ0v) is 15.3. The average molecular weight is 374 g/mol. The van der Waals surface area contributed by atoms with Gasteiger partial charge in [0, 0.05) is 50.4 Å². The maximum atomic E-state index is 11.8. The molecule has 2 aliphatic rings. The van der Waals surface area contributed by atoms with Crippen molar-refractivity contribution in [1.29, 1.82) is 0 Å². The van der Waals surface area contributed by atoms with Crippen LogP contribution in [-0.4, -0.2) is 66.6 Å². The van der Waals surface area contributed by atoms with Crippen molar-refractivity contribution < 1.29 is 19.5 Å². The highest BCUT2D eigenvalue weighted by molar-refractivity contribution is 6.01. The normalized spacial score (nSPS) is 21.0. The molecule has 0 aliphatic carbocycles. The number of anilines is 2. The van der Waals surface area contributed by atoms with Gasteiger partial charge >= 0.3 is 5.97 Å². The molecule has 2 amide bonds. The molecule has 1 atom stereocenters. The van der Waals surface area contributed by atoms with Crippen molar-refractivity contribution in [2.24, 2.45) is 0 Å². The van der Waals surface area contributed by atoms with E-state index in [0.717, 1.165) is 44.1 Å². The van der Waals surface area contributed by atoms with Gasteiger partial charge in [-0.2, -0.15) is 0 Å². The maximum Gasteiger partial charge on any atom is 0.303 e. The average Bonchev–Trinajstić information content (AvgIpc) is 2.65. The number of rotatable bonds is 7. The molecule has 3 N–H and O–H groups in total. The second-order valence-corrected chi connectivity index (χ2v) is 7.02. The molecule has 0 bridgehead atoms. The molecule has 8 nitrogen and oxygen atoms in total. The van der Waals surface area contributed by atoms with Gasteiger partial charge in [0.25, 0.3) is 0 Å². The van der Waals surface area contributed by atoms with Crippen LogP contribution in [0.4, 0.5) is 11.4 Å². The summed E-state index contributed by atoms with van der Waals surface area (Å²) in [5, 5.41) is 14.3. The van der Waals surface area contributed by atoms with Crippen molar-refractivity contribution in [3.05, 3.63) is 24.3 Å². The fourth-order valence-electron chi connectivity index (χ4n) is 3.48. The standard InChI is InChI=1S/C19H26N4O4/c24-17-8-7-16(19(27)21-17)20-14-3-5-15(6-4-14)23-12-10-22(11-13-23)9-1-2-18(25)26/h3-6,16,20H,1-2,7-13H2,(H,25,26)(H,21,24,27). The molecule has 146 valence electrons. The second-order valence-electron chi connectivity index (χ2n) is 7.02. The number of carboxylic acid groups (broad SMARTS) is 1. The van der Waals surface area contributed by atoms with E-state index in [1.165, 1.54) is 0 Å². The summed E-state index contributed by atoms with van der Waals surface area (Å²) >= 11 is 0. The van der Waals surface area contributed by atoms with Gasteiger partial charge in [0.05, 0.1) is 0 Å². The van der Waals surface area contributed by atoms with E-state index in [2.05, 4.69) is 20.4 Å². The lowest BCUT2D eigenvalue weighted by Crippen LogP contribution is -2.47. The first-order valence-corrected chi connectivity index (χ1v) is 9.40. The summed E-state index contributed by atoms with van der Waals surface area (Å²) in [5.41, 5.74) is 1.99. The van der Waals surface area contributed by atoms with Gasteiger partial charge in [0.15, 0.2) is 0 Å². The number of nitrogens with zero attached hydrogens (tertiary/aromatic N) is 2. The number of piperazine rings is 1. The summed E-state index contributed by atoms with van der Waals surface area (Å²) in [4.78, 5) is 38.2. The van der Waals surface area contributed by atoms with Gasteiger partial charge in [-0.25, -0.2) is 0 Å². The molecule has 2 heterocycles. The SMILES string of the molecule is O=C(O)CCCN1CCN(c2ccc(NC3CCC(=O)NC3=O)cc2)CC1. The molecular weight excluding hydrogens is 348 g/mol. The van der Waals surface area contributed by atoms with Crippen molar-refractivity contribution in [1.82, 2.24) is 10.2 Å². The number of carbonyl (C=O) groups excluding carboxylic acids is 2. The minimum Gasteiger partial charge on any atom is -0.481 e. The summed E-state index contributed by atoms with van der Waals surface area (Å²) < 4.78 is 0. The number of hydrogen-bond acceptors (Lipinski definition) is 6. The molecule has 0 saturated carbocycles. The Morgan fingerprint density at radius 3 is 2.48 bits per heavy atom. The molecule has 1 aromatic carbocycles. The predicted octanol–water partition coefficient (Wildman–Crippen LogP) is 0.891. The van der Waals surface area contributed by atoms with E-state index in [0.29, 0.717) is 19.3 Å². The van der Waals surface area contributed by atoms with Crippen molar-refractivity contribution in [2.45, 2.75) is 31.7 Å². The van der Waals surface area contributed by atoms with Crippen LogP contribution in [0.5, 0.6) is 0 Å². The Morgan fingerprint density at radius 1 is 1.15 bits per heavy atom. The summed E-state index contributed by atoms with van der Waals surface area (Å²) in [6.45, 7) is 4.50. The molecule has 2 aliphatic heterocycles. The third kappa shape index (κ3) is 5.43. The molecular formula is C19H26N4O4. The smallest absolute Gasteiger partial charge is 0.303 e. The van der Waals surface area contributed by atoms with Crippen LogP contribution < -0.4 is 15.5 Å². The Labute approximate surface area is 158 Å². The monoisotopic (exact) mass is 374 g/mol. The Bertz CT molecular complexity index is 683. The largest absolute Gasteiger partial charge is 0.481 e. The molecule has 0 aromatic heterocycles. The van der Waals surface area contributed by atoms with Gasteiger partial charge in [-0.3, -0.25) is 24.6 Å². The topological polar surface area (TPSA) is 102 Å². The number of aliphatic carboxylic acids is 1. The molecule has 0 spiro atoms. The van der Waals surface area contributed by atoms with Crippen LogP contribution in [0.2, 0.25) is 0 Å². The Kier molecular flexibility index (Phi) is 6.28. The lowest BCUT2D eigenvalue weighted by Gasteiger charge is -2.36. The van der Waals surface area contributed by atoms with Crippen molar-refractivity contribution >= 4 is 29.2 Å². The Hall–Kier alpha value is -2.61.